The molecule has 0 bridgehead atoms. The Labute approximate surface area is 219 Å². The normalized spacial score (nSPS) is 15.6. The van der Waals surface area contributed by atoms with Gasteiger partial charge in [-0.15, -0.1) is 0 Å². The summed E-state index contributed by atoms with van der Waals surface area (Å²) >= 11 is 6.47. The van der Waals surface area contributed by atoms with Crippen LogP contribution in [-0.4, -0.2) is 45.3 Å². The van der Waals surface area contributed by atoms with E-state index in [-0.39, 0.29) is 22.1 Å². The van der Waals surface area contributed by atoms with Gasteiger partial charge in [-0.2, -0.15) is 10.1 Å². The molecule has 0 spiro atoms. The second-order valence-corrected chi connectivity index (χ2v) is 9.89. The van der Waals surface area contributed by atoms with Gasteiger partial charge >= 0.3 is 0 Å². The fourth-order valence-electron chi connectivity index (χ4n) is 4.91. The molecular weight excluding hydrogens is 492 g/mol. The molecule has 1 aliphatic heterocycles. The highest BCUT2D eigenvalue weighted by molar-refractivity contribution is 6.35. The fraction of sp³-hybridized carbons (Fsp3) is 0.333. The number of amides is 1. The number of halogens is 1. The third-order valence-corrected chi connectivity index (χ3v) is 6.89. The Bertz CT molecular complexity index is 1470. The number of anilines is 1. The Hall–Kier alpha value is -3.69. The summed E-state index contributed by atoms with van der Waals surface area (Å²) < 4.78 is 6.39. The average molecular weight is 521 g/mol. The van der Waals surface area contributed by atoms with Crippen molar-refractivity contribution in [1.29, 1.82) is 0 Å². The number of piperidine rings is 1. The third-order valence-electron chi connectivity index (χ3n) is 6.58. The number of carbonyl (C=O) groups excluding carboxylic acids is 1. The molecule has 1 atom stereocenters. The number of ether oxygens (including phenoxy) is 1. The summed E-state index contributed by atoms with van der Waals surface area (Å²) in [7, 11) is 0. The van der Waals surface area contributed by atoms with Crippen LogP contribution in [0.4, 0.5) is 5.95 Å². The van der Waals surface area contributed by atoms with Gasteiger partial charge in [0.2, 0.25) is 5.95 Å². The van der Waals surface area contributed by atoms with Crippen LogP contribution < -0.4 is 20.9 Å². The van der Waals surface area contributed by atoms with Gasteiger partial charge in [-0.3, -0.25) is 14.9 Å². The van der Waals surface area contributed by atoms with Crippen LogP contribution in [0.3, 0.4) is 0 Å². The number of pyridine rings is 1. The molecule has 1 saturated heterocycles. The van der Waals surface area contributed by atoms with E-state index in [1.807, 2.05) is 26.0 Å². The zero-order valence-electron chi connectivity index (χ0n) is 20.8. The summed E-state index contributed by atoms with van der Waals surface area (Å²) in [5.74, 6) is 0.181. The maximum atomic E-state index is 13.4. The van der Waals surface area contributed by atoms with Gasteiger partial charge in [-0.1, -0.05) is 47.3 Å². The number of benzene rings is 2. The van der Waals surface area contributed by atoms with Crippen molar-refractivity contribution in [3.8, 4) is 16.9 Å². The van der Waals surface area contributed by atoms with Crippen LogP contribution in [0.1, 0.15) is 47.2 Å². The first-order chi connectivity index (χ1) is 17.9. The van der Waals surface area contributed by atoms with E-state index < -0.39 is 5.91 Å². The van der Waals surface area contributed by atoms with Crippen LogP contribution in [0.25, 0.3) is 22.0 Å². The highest BCUT2D eigenvalue weighted by Gasteiger charge is 2.22. The number of fused-ring (bicyclic) bond motifs is 1. The van der Waals surface area contributed by atoms with Gasteiger partial charge < -0.3 is 15.0 Å². The van der Waals surface area contributed by atoms with Crippen molar-refractivity contribution in [2.75, 3.05) is 18.5 Å². The molecule has 9 nitrogen and oxygen atoms in total. The zero-order valence-corrected chi connectivity index (χ0v) is 21.5. The second-order valence-electron chi connectivity index (χ2n) is 9.48. The third kappa shape index (κ3) is 5.52. The monoisotopic (exact) mass is 520 g/mol. The molecule has 1 aliphatic rings. The molecule has 192 valence electrons. The van der Waals surface area contributed by atoms with Gasteiger partial charge in [-0.05, 0) is 57.4 Å². The number of carbonyl (C=O) groups is 1. The number of nitrogens with one attached hydrogen (secondary N) is 4. The molecule has 0 aliphatic carbocycles. The molecule has 5 rings (SSSR count). The van der Waals surface area contributed by atoms with Gasteiger partial charge in [-0.25, -0.2) is 5.10 Å². The van der Waals surface area contributed by atoms with Crippen molar-refractivity contribution in [1.82, 2.24) is 25.5 Å². The quantitative estimate of drug-likeness (QED) is 0.279. The van der Waals surface area contributed by atoms with E-state index in [9.17, 15) is 9.59 Å². The van der Waals surface area contributed by atoms with E-state index in [0.29, 0.717) is 34.9 Å². The predicted octanol–water partition coefficient (Wildman–Crippen LogP) is 4.75. The SMILES string of the molecule is Cc1cc(C)cc(-c2c(OCCC3CCCCN3)c3cc(C(=O)Nc4ncn[nH]4)c(Cl)cc3[nH]c2=O)c1. The molecule has 37 heavy (non-hydrogen) atoms. The minimum atomic E-state index is -0.458. The Morgan fingerprint density at radius 2 is 1.97 bits per heavy atom. The molecule has 0 radical (unpaired) electrons. The van der Waals surface area contributed by atoms with Crippen LogP contribution in [-0.2, 0) is 0 Å². The van der Waals surface area contributed by atoms with E-state index in [2.05, 4.69) is 36.9 Å². The lowest BCUT2D eigenvalue weighted by atomic mass is 9.98. The minimum absolute atomic E-state index is 0.191. The van der Waals surface area contributed by atoms with Gasteiger partial charge in [0.05, 0.1) is 28.3 Å². The van der Waals surface area contributed by atoms with Gasteiger partial charge in [0.15, 0.2) is 0 Å². The molecular formula is C27H29ClN6O3. The molecule has 2 aromatic carbocycles. The number of hydrogen-bond donors (Lipinski definition) is 4. The molecule has 1 amide bonds. The number of H-pyrrole nitrogens is 2. The Kier molecular flexibility index (Phi) is 7.25. The van der Waals surface area contributed by atoms with Crippen LogP contribution in [0.5, 0.6) is 5.75 Å². The molecule has 1 unspecified atom stereocenters. The van der Waals surface area contributed by atoms with E-state index in [4.69, 9.17) is 16.3 Å². The van der Waals surface area contributed by atoms with Crippen molar-refractivity contribution in [2.45, 2.75) is 45.6 Å². The number of nitrogens with zero attached hydrogens (tertiary/aromatic N) is 2. The first kappa shape index (κ1) is 25.0. The summed E-state index contributed by atoms with van der Waals surface area (Å²) in [6.45, 7) is 5.42. The minimum Gasteiger partial charge on any atom is -0.492 e. The summed E-state index contributed by atoms with van der Waals surface area (Å²) in [6.07, 6.45) is 5.59. The standard InChI is InChI=1S/C27H29ClN6O3/c1-15-9-16(2)11-17(10-15)23-24(37-8-6-18-5-3-4-7-29-18)20-12-19(21(28)13-22(20)32-26(23)36)25(35)33-27-30-14-31-34-27/h9-14,18,29H,3-8H2,1-2H3,(H,32,36)(H2,30,31,33,34,35). The van der Waals surface area contributed by atoms with E-state index >= 15 is 0 Å². The lowest BCUT2D eigenvalue weighted by Crippen LogP contribution is -2.35. The van der Waals surface area contributed by atoms with Gasteiger partial charge in [0.1, 0.15) is 12.1 Å². The average Bonchev–Trinajstić information content (AvgIpc) is 3.36. The Morgan fingerprint density at radius 1 is 1.16 bits per heavy atom. The predicted molar refractivity (Wildman–Crippen MR) is 145 cm³/mol. The second kappa shape index (κ2) is 10.7. The maximum absolute atomic E-state index is 13.4. The van der Waals surface area contributed by atoms with Crippen molar-refractivity contribution >= 4 is 34.4 Å². The number of aryl methyl sites for hydroxylation is 2. The van der Waals surface area contributed by atoms with Crippen LogP contribution >= 0.6 is 11.6 Å². The molecule has 10 heteroatoms. The fourth-order valence-corrected chi connectivity index (χ4v) is 5.16. The summed E-state index contributed by atoms with van der Waals surface area (Å²) in [6, 6.07) is 9.59. The van der Waals surface area contributed by atoms with Crippen LogP contribution in [0.2, 0.25) is 5.02 Å². The van der Waals surface area contributed by atoms with E-state index in [1.54, 1.807) is 12.1 Å². The number of aromatic amines is 2. The molecule has 4 aromatic rings. The summed E-state index contributed by atoms with van der Waals surface area (Å²) in [5, 5.41) is 13.3. The zero-order chi connectivity index (χ0) is 25.9. The summed E-state index contributed by atoms with van der Waals surface area (Å²) in [5.41, 5.74) is 3.70. The highest BCUT2D eigenvalue weighted by atomic mass is 35.5. The topological polar surface area (TPSA) is 125 Å². The first-order valence-corrected chi connectivity index (χ1v) is 12.8. The number of aromatic nitrogens is 4. The van der Waals surface area contributed by atoms with Crippen molar-refractivity contribution in [3.05, 3.63) is 68.7 Å². The van der Waals surface area contributed by atoms with Crippen LogP contribution in [0, 0.1) is 13.8 Å². The Balaban J connectivity index is 1.60. The highest BCUT2D eigenvalue weighted by Crippen LogP contribution is 2.36. The van der Waals surface area contributed by atoms with Gasteiger partial charge in [0, 0.05) is 11.4 Å². The maximum Gasteiger partial charge on any atom is 0.260 e. The molecule has 1 fully saturated rings. The lowest BCUT2D eigenvalue weighted by molar-refractivity contribution is 0.102. The smallest absolute Gasteiger partial charge is 0.260 e. The lowest BCUT2D eigenvalue weighted by Gasteiger charge is -2.24. The number of hydrogen-bond acceptors (Lipinski definition) is 6. The molecule has 2 aromatic heterocycles. The number of rotatable bonds is 7. The van der Waals surface area contributed by atoms with Crippen molar-refractivity contribution in [3.63, 3.8) is 0 Å². The first-order valence-electron chi connectivity index (χ1n) is 12.4. The van der Waals surface area contributed by atoms with Gasteiger partial charge in [0.25, 0.3) is 11.5 Å². The van der Waals surface area contributed by atoms with Crippen LogP contribution in [0.15, 0.2) is 41.5 Å². The Morgan fingerprint density at radius 3 is 2.68 bits per heavy atom. The largest absolute Gasteiger partial charge is 0.492 e. The molecule has 4 N–H and O–H groups in total. The van der Waals surface area contributed by atoms with Crippen molar-refractivity contribution in [2.24, 2.45) is 0 Å². The van der Waals surface area contributed by atoms with E-state index in [0.717, 1.165) is 36.1 Å². The van der Waals surface area contributed by atoms with Crippen molar-refractivity contribution < 1.29 is 9.53 Å². The summed E-state index contributed by atoms with van der Waals surface area (Å²) in [4.78, 5) is 33.3. The molecule has 3 heterocycles. The van der Waals surface area contributed by atoms with E-state index in [1.165, 1.54) is 19.2 Å². The molecule has 0 saturated carbocycles.